The van der Waals surface area contributed by atoms with Crippen LogP contribution in [-0.4, -0.2) is 74.5 Å². The number of piperidine rings is 3. The van der Waals surface area contributed by atoms with Gasteiger partial charge in [0.2, 0.25) is 5.60 Å². The SMILES string of the molecule is COc1cccc(C(=O)NCCC[N+]23CCC(CC2)C(OC(=O)C(O)(c2ccccc2)c2ccccc2)C3)c1OC. The number of esters is 1. The molecule has 3 aromatic carbocycles. The molecule has 216 valence electrons. The fraction of sp³-hybridized carbons (Fsp3) is 0.394. The molecular formula is C33H39N2O6+. The Morgan fingerprint density at radius 2 is 1.54 bits per heavy atom. The zero-order valence-electron chi connectivity index (χ0n) is 23.8. The van der Waals surface area contributed by atoms with Crippen LogP contribution >= 0.6 is 0 Å². The quantitative estimate of drug-likeness (QED) is 0.210. The van der Waals surface area contributed by atoms with Gasteiger partial charge < -0.3 is 29.1 Å². The number of amides is 1. The summed E-state index contributed by atoms with van der Waals surface area (Å²) in [6.45, 7) is 4.16. The Kier molecular flexibility index (Phi) is 8.61. The molecule has 1 unspecified atom stereocenters. The van der Waals surface area contributed by atoms with Gasteiger partial charge in [-0.25, -0.2) is 4.79 Å². The van der Waals surface area contributed by atoms with Gasteiger partial charge in [0, 0.05) is 31.7 Å². The second-order valence-electron chi connectivity index (χ2n) is 11.1. The number of carbonyl (C=O) groups excluding carboxylic acids is 2. The van der Waals surface area contributed by atoms with Crippen LogP contribution in [0.25, 0.3) is 0 Å². The van der Waals surface area contributed by atoms with Crippen molar-refractivity contribution in [3.63, 3.8) is 0 Å². The number of fused-ring (bicyclic) bond motifs is 3. The summed E-state index contributed by atoms with van der Waals surface area (Å²) < 4.78 is 17.7. The molecule has 0 aromatic heterocycles. The maximum absolute atomic E-state index is 13.7. The van der Waals surface area contributed by atoms with E-state index in [1.54, 1.807) is 49.6 Å². The highest BCUT2D eigenvalue weighted by Gasteiger charge is 2.50. The van der Waals surface area contributed by atoms with Crippen LogP contribution in [0.2, 0.25) is 0 Å². The molecule has 3 saturated heterocycles. The number of ether oxygens (including phenoxy) is 3. The largest absolute Gasteiger partial charge is 0.493 e. The molecule has 3 aromatic rings. The van der Waals surface area contributed by atoms with Crippen LogP contribution in [0.3, 0.4) is 0 Å². The zero-order chi connectivity index (χ0) is 28.9. The molecule has 8 heteroatoms. The lowest BCUT2D eigenvalue weighted by Crippen LogP contribution is -2.65. The van der Waals surface area contributed by atoms with Gasteiger partial charge in [-0.1, -0.05) is 66.7 Å². The average molecular weight is 560 g/mol. The zero-order valence-corrected chi connectivity index (χ0v) is 23.8. The lowest BCUT2D eigenvalue weighted by molar-refractivity contribution is -0.946. The van der Waals surface area contributed by atoms with Crippen molar-refractivity contribution in [2.45, 2.75) is 31.0 Å². The van der Waals surface area contributed by atoms with Gasteiger partial charge in [0.25, 0.3) is 5.91 Å². The standard InChI is InChI=1S/C33H38N2O6/c1-39-28-16-9-15-27(30(28)40-2)31(36)34-19-10-20-35-21-17-24(18-22-35)29(23-35)41-32(37)33(38,25-11-5-3-6-12-25)26-13-7-4-8-14-26/h3-9,11-16,24,29,38H,10,17-23H2,1-2H3/p+1. The monoisotopic (exact) mass is 559 g/mol. The van der Waals surface area contributed by atoms with Gasteiger partial charge in [0.1, 0.15) is 6.54 Å². The lowest BCUT2D eigenvalue weighted by Gasteiger charge is -2.52. The van der Waals surface area contributed by atoms with Gasteiger partial charge in [0.05, 0.1) is 39.4 Å². The topological polar surface area (TPSA) is 94.1 Å². The fourth-order valence-corrected chi connectivity index (χ4v) is 6.43. The third kappa shape index (κ3) is 5.80. The Balaban J connectivity index is 1.22. The number of aliphatic hydroxyl groups is 1. The number of quaternary nitrogens is 1. The van der Waals surface area contributed by atoms with Crippen LogP contribution in [0.4, 0.5) is 0 Å². The van der Waals surface area contributed by atoms with E-state index in [4.69, 9.17) is 14.2 Å². The number of hydrogen-bond donors (Lipinski definition) is 2. The molecule has 2 N–H and O–H groups in total. The molecule has 3 aliphatic heterocycles. The van der Waals surface area contributed by atoms with Crippen molar-refractivity contribution < 1.29 is 33.4 Å². The molecule has 1 amide bonds. The molecule has 3 fully saturated rings. The van der Waals surface area contributed by atoms with Crippen LogP contribution in [0.5, 0.6) is 11.5 Å². The van der Waals surface area contributed by atoms with Crippen molar-refractivity contribution >= 4 is 11.9 Å². The molecule has 3 heterocycles. The molecule has 6 rings (SSSR count). The predicted molar refractivity (Wildman–Crippen MR) is 155 cm³/mol. The molecule has 8 nitrogen and oxygen atoms in total. The summed E-state index contributed by atoms with van der Waals surface area (Å²) in [4.78, 5) is 26.6. The summed E-state index contributed by atoms with van der Waals surface area (Å²) in [6, 6.07) is 23.3. The predicted octanol–water partition coefficient (Wildman–Crippen LogP) is 3.91. The highest BCUT2D eigenvalue weighted by Crippen LogP contribution is 2.38. The first-order valence-electron chi connectivity index (χ1n) is 14.3. The Morgan fingerprint density at radius 3 is 2.12 bits per heavy atom. The Bertz CT molecular complexity index is 1300. The van der Waals surface area contributed by atoms with Crippen molar-refractivity contribution in [1.29, 1.82) is 0 Å². The molecule has 0 aliphatic carbocycles. The average Bonchev–Trinajstić information content (AvgIpc) is 3.03. The maximum atomic E-state index is 13.7. The molecule has 2 bridgehead atoms. The highest BCUT2D eigenvalue weighted by atomic mass is 16.6. The van der Waals surface area contributed by atoms with E-state index in [1.807, 2.05) is 36.4 Å². The molecule has 0 saturated carbocycles. The van der Waals surface area contributed by atoms with E-state index in [0.29, 0.717) is 41.3 Å². The summed E-state index contributed by atoms with van der Waals surface area (Å²) in [5.41, 5.74) is -0.464. The Labute approximate surface area is 241 Å². The maximum Gasteiger partial charge on any atom is 0.348 e. The molecule has 3 aliphatic rings. The van der Waals surface area contributed by atoms with E-state index in [0.717, 1.165) is 43.4 Å². The van der Waals surface area contributed by atoms with E-state index < -0.39 is 11.6 Å². The second kappa shape index (κ2) is 12.3. The van der Waals surface area contributed by atoms with Gasteiger partial charge in [-0.15, -0.1) is 0 Å². The van der Waals surface area contributed by atoms with Gasteiger partial charge in [-0.3, -0.25) is 4.79 Å². The third-order valence-electron chi connectivity index (χ3n) is 8.72. The number of methoxy groups -OCH3 is 2. The molecule has 0 spiro atoms. The van der Waals surface area contributed by atoms with E-state index >= 15 is 0 Å². The number of benzene rings is 3. The Hall–Kier alpha value is -3.88. The summed E-state index contributed by atoms with van der Waals surface area (Å²) in [5, 5.41) is 14.9. The van der Waals surface area contributed by atoms with Gasteiger partial charge >= 0.3 is 5.97 Å². The number of nitrogens with zero attached hydrogens (tertiary/aromatic N) is 1. The third-order valence-corrected chi connectivity index (χ3v) is 8.72. The first-order valence-corrected chi connectivity index (χ1v) is 14.3. The van der Waals surface area contributed by atoms with E-state index in [2.05, 4.69) is 5.32 Å². The first kappa shape index (κ1) is 28.6. The van der Waals surface area contributed by atoms with Crippen molar-refractivity contribution in [3.8, 4) is 11.5 Å². The minimum atomic E-state index is -1.88. The van der Waals surface area contributed by atoms with E-state index in [9.17, 15) is 14.7 Å². The fourth-order valence-electron chi connectivity index (χ4n) is 6.43. The number of rotatable bonds is 11. The normalized spacial score (nSPS) is 21.6. The summed E-state index contributed by atoms with van der Waals surface area (Å²) in [6.07, 6.45) is 2.47. The number of carbonyl (C=O) groups is 2. The minimum Gasteiger partial charge on any atom is -0.493 e. The van der Waals surface area contributed by atoms with Gasteiger partial charge in [-0.05, 0) is 23.3 Å². The molecule has 1 atom stereocenters. The van der Waals surface area contributed by atoms with Crippen molar-refractivity contribution in [2.75, 3.05) is 46.9 Å². The van der Waals surface area contributed by atoms with Gasteiger partial charge in [0.15, 0.2) is 17.6 Å². The van der Waals surface area contributed by atoms with Crippen LogP contribution in [0.1, 0.15) is 40.7 Å². The smallest absolute Gasteiger partial charge is 0.348 e. The van der Waals surface area contributed by atoms with Crippen molar-refractivity contribution in [1.82, 2.24) is 5.32 Å². The summed E-state index contributed by atoms with van der Waals surface area (Å²) in [7, 11) is 3.07. The highest BCUT2D eigenvalue weighted by molar-refractivity contribution is 5.97. The number of para-hydroxylation sites is 1. The Morgan fingerprint density at radius 1 is 0.902 bits per heavy atom. The van der Waals surface area contributed by atoms with Crippen LogP contribution in [0.15, 0.2) is 78.9 Å². The van der Waals surface area contributed by atoms with Crippen LogP contribution in [-0.2, 0) is 15.1 Å². The molecule has 41 heavy (non-hydrogen) atoms. The van der Waals surface area contributed by atoms with Crippen LogP contribution < -0.4 is 14.8 Å². The van der Waals surface area contributed by atoms with E-state index in [1.165, 1.54) is 7.11 Å². The number of nitrogens with one attached hydrogen (secondary N) is 1. The summed E-state index contributed by atoms with van der Waals surface area (Å²) in [5.74, 6) is 0.386. The first-order chi connectivity index (χ1) is 19.9. The summed E-state index contributed by atoms with van der Waals surface area (Å²) >= 11 is 0. The van der Waals surface area contributed by atoms with Gasteiger partial charge in [-0.2, -0.15) is 0 Å². The minimum absolute atomic E-state index is 0.203. The lowest BCUT2D eigenvalue weighted by atomic mass is 9.82. The molecular weight excluding hydrogens is 520 g/mol. The molecule has 0 radical (unpaired) electrons. The number of hydrogen-bond acceptors (Lipinski definition) is 6. The van der Waals surface area contributed by atoms with Crippen molar-refractivity contribution in [2.24, 2.45) is 5.92 Å². The second-order valence-corrected chi connectivity index (χ2v) is 11.1. The van der Waals surface area contributed by atoms with E-state index in [-0.39, 0.29) is 17.9 Å². The van der Waals surface area contributed by atoms with Crippen molar-refractivity contribution in [3.05, 3.63) is 95.6 Å². The van der Waals surface area contributed by atoms with Crippen LogP contribution in [0, 0.1) is 5.92 Å².